The Morgan fingerprint density at radius 2 is 1.92 bits per heavy atom. The number of rotatable bonds is 4. The van der Waals surface area contributed by atoms with Crippen molar-refractivity contribution in [3.8, 4) is 11.5 Å². The van der Waals surface area contributed by atoms with E-state index in [9.17, 15) is 14.7 Å². The van der Waals surface area contributed by atoms with Crippen LogP contribution in [0.2, 0.25) is 0 Å². The van der Waals surface area contributed by atoms with Crippen LogP contribution in [-0.4, -0.2) is 35.0 Å². The van der Waals surface area contributed by atoms with Gasteiger partial charge >= 0.3 is 5.91 Å². The number of methoxy groups -OCH3 is 1. The molecule has 4 aromatic rings. The van der Waals surface area contributed by atoms with Crippen LogP contribution in [0, 0.1) is 0 Å². The van der Waals surface area contributed by atoms with Crippen molar-refractivity contribution in [3.63, 3.8) is 0 Å². The maximum Gasteiger partial charge on any atom is 0.301 e. The number of ketones is 1. The highest BCUT2D eigenvalue weighted by molar-refractivity contribution is 7.22. The monoisotopic (exact) mass is 498 g/mol. The van der Waals surface area contributed by atoms with Gasteiger partial charge in [-0.3, -0.25) is 14.5 Å². The van der Waals surface area contributed by atoms with Crippen molar-refractivity contribution in [1.82, 2.24) is 4.98 Å². The molecule has 0 saturated carbocycles. The normalized spacial score (nSPS) is 20.6. The number of hydrogen-bond acceptors (Lipinski definition) is 7. The number of anilines is 1. The number of thiazole rings is 1. The third-order valence-electron chi connectivity index (χ3n) is 6.52. The van der Waals surface area contributed by atoms with Gasteiger partial charge in [-0.05, 0) is 54.4 Å². The number of nitrogens with zero attached hydrogens (tertiary/aromatic N) is 2. The maximum atomic E-state index is 13.4. The zero-order valence-electron chi connectivity index (χ0n) is 19.6. The van der Waals surface area contributed by atoms with Crippen molar-refractivity contribution >= 4 is 44.1 Å². The van der Waals surface area contributed by atoms with Gasteiger partial charge in [0.05, 0.1) is 28.9 Å². The second-order valence-corrected chi connectivity index (χ2v) is 9.87. The molecule has 0 bridgehead atoms. The van der Waals surface area contributed by atoms with E-state index >= 15 is 0 Å². The molecule has 7 nitrogen and oxygen atoms in total. The first-order valence-electron chi connectivity index (χ1n) is 11.5. The Bertz CT molecular complexity index is 1560. The number of Topliss-reactive ketones (excluding diaryl/α,β-unsaturated/α-hetero) is 1. The van der Waals surface area contributed by atoms with E-state index in [0.29, 0.717) is 33.9 Å². The van der Waals surface area contributed by atoms with Gasteiger partial charge in [0.15, 0.2) is 5.13 Å². The number of aliphatic hydroxyl groups is 1. The standard InChI is InChI=1S/C28H22N2O5S/c1-15-12-18-13-17(8-11-21(18)35-15)25(31)23-24(16-6-4-3-5-7-16)30(27(33)26(23)32)28-29-20-10-9-19(34-2)14-22(20)36-28/h3-11,13-15,24,31H,12H2,1-2H3/b25-23+/t15-,24+/m1/s1. The van der Waals surface area contributed by atoms with Crippen molar-refractivity contribution in [1.29, 1.82) is 0 Å². The van der Waals surface area contributed by atoms with Gasteiger partial charge in [0.1, 0.15) is 23.4 Å². The summed E-state index contributed by atoms with van der Waals surface area (Å²) < 4.78 is 11.9. The molecule has 1 N–H and O–H groups in total. The summed E-state index contributed by atoms with van der Waals surface area (Å²) in [6.45, 7) is 1.98. The summed E-state index contributed by atoms with van der Waals surface area (Å²) in [4.78, 5) is 32.9. The predicted octanol–water partition coefficient (Wildman–Crippen LogP) is 5.25. The molecule has 36 heavy (non-hydrogen) atoms. The molecule has 8 heteroatoms. The SMILES string of the molecule is COc1ccc2nc(N3C(=O)C(=O)/C(=C(/O)c4ccc5c(c4)C[C@@H](C)O5)[C@@H]3c3ccccc3)sc2c1. The molecule has 1 aromatic heterocycles. The van der Waals surface area contributed by atoms with E-state index in [1.807, 2.05) is 55.5 Å². The second-order valence-electron chi connectivity index (χ2n) is 8.86. The number of ether oxygens (including phenoxy) is 2. The molecule has 1 fully saturated rings. The van der Waals surface area contributed by atoms with Gasteiger partial charge in [-0.2, -0.15) is 0 Å². The van der Waals surface area contributed by atoms with Crippen molar-refractivity contribution in [2.24, 2.45) is 0 Å². The molecular formula is C28H22N2O5S. The van der Waals surface area contributed by atoms with Gasteiger partial charge in [-0.25, -0.2) is 4.98 Å². The van der Waals surface area contributed by atoms with Crippen LogP contribution in [-0.2, 0) is 16.0 Å². The average molecular weight is 499 g/mol. The van der Waals surface area contributed by atoms with Gasteiger partial charge in [0.2, 0.25) is 0 Å². The van der Waals surface area contributed by atoms with Crippen molar-refractivity contribution < 1.29 is 24.2 Å². The molecule has 180 valence electrons. The topological polar surface area (TPSA) is 89.0 Å². The van der Waals surface area contributed by atoms with Crippen LogP contribution in [0.1, 0.15) is 29.7 Å². The van der Waals surface area contributed by atoms with E-state index in [1.54, 1.807) is 25.3 Å². The zero-order chi connectivity index (χ0) is 25.0. The van der Waals surface area contributed by atoms with Crippen molar-refractivity contribution in [2.45, 2.75) is 25.5 Å². The van der Waals surface area contributed by atoms with Crippen molar-refractivity contribution in [2.75, 3.05) is 12.0 Å². The van der Waals surface area contributed by atoms with E-state index < -0.39 is 17.7 Å². The first-order valence-corrected chi connectivity index (χ1v) is 12.4. The number of fused-ring (bicyclic) bond motifs is 2. The highest BCUT2D eigenvalue weighted by atomic mass is 32.1. The lowest BCUT2D eigenvalue weighted by atomic mass is 9.94. The Balaban J connectivity index is 1.52. The summed E-state index contributed by atoms with van der Waals surface area (Å²) in [5.74, 6) is -0.244. The fourth-order valence-corrected chi connectivity index (χ4v) is 5.85. The maximum absolute atomic E-state index is 13.4. The number of aromatic nitrogens is 1. The smallest absolute Gasteiger partial charge is 0.301 e. The fourth-order valence-electron chi connectivity index (χ4n) is 4.83. The molecule has 0 spiro atoms. The summed E-state index contributed by atoms with van der Waals surface area (Å²) in [5, 5.41) is 11.8. The summed E-state index contributed by atoms with van der Waals surface area (Å²) in [7, 11) is 1.59. The van der Waals surface area contributed by atoms with Crippen molar-refractivity contribution in [3.05, 3.63) is 89.0 Å². The fraction of sp³-hybridized carbons (Fsp3) is 0.179. The Labute approximate surface area is 211 Å². The first kappa shape index (κ1) is 22.3. The van der Waals surface area contributed by atoms with Gasteiger partial charge in [0, 0.05) is 12.0 Å². The van der Waals surface area contributed by atoms with E-state index in [0.717, 1.165) is 16.0 Å². The molecule has 3 aromatic carbocycles. The van der Waals surface area contributed by atoms with E-state index in [4.69, 9.17) is 9.47 Å². The van der Waals surface area contributed by atoms with E-state index in [2.05, 4.69) is 4.98 Å². The third kappa shape index (κ3) is 3.53. The minimum Gasteiger partial charge on any atom is -0.507 e. The first-order chi connectivity index (χ1) is 17.4. The molecule has 3 heterocycles. The third-order valence-corrected chi connectivity index (χ3v) is 7.54. The summed E-state index contributed by atoms with van der Waals surface area (Å²) in [6, 6.07) is 19.2. The molecule has 1 amide bonds. The molecule has 2 aliphatic rings. The van der Waals surface area contributed by atoms with Gasteiger partial charge in [0.25, 0.3) is 5.78 Å². The molecule has 0 unspecified atom stereocenters. The Morgan fingerprint density at radius 1 is 1.11 bits per heavy atom. The number of aliphatic hydroxyl groups excluding tert-OH is 1. The number of amides is 1. The summed E-state index contributed by atoms with van der Waals surface area (Å²) >= 11 is 1.30. The quantitative estimate of drug-likeness (QED) is 0.235. The van der Waals surface area contributed by atoms with Crippen LogP contribution in [0.25, 0.3) is 16.0 Å². The second kappa shape index (κ2) is 8.49. The molecular weight excluding hydrogens is 476 g/mol. The lowest BCUT2D eigenvalue weighted by molar-refractivity contribution is -0.132. The van der Waals surface area contributed by atoms with E-state index in [-0.39, 0.29) is 17.4 Å². The molecule has 0 aliphatic carbocycles. The average Bonchev–Trinajstić information content (AvgIpc) is 3.55. The van der Waals surface area contributed by atoms with Gasteiger partial charge in [-0.1, -0.05) is 41.7 Å². The largest absolute Gasteiger partial charge is 0.507 e. The van der Waals surface area contributed by atoms with Gasteiger partial charge in [-0.15, -0.1) is 0 Å². The molecule has 6 rings (SSSR count). The number of benzene rings is 3. The highest BCUT2D eigenvalue weighted by Crippen LogP contribution is 2.45. The van der Waals surface area contributed by atoms with Crippen LogP contribution in [0.3, 0.4) is 0 Å². The summed E-state index contributed by atoms with van der Waals surface area (Å²) in [5.41, 5.74) is 2.86. The van der Waals surface area contributed by atoms with Crippen LogP contribution < -0.4 is 14.4 Å². The molecule has 2 aliphatic heterocycles. The highest BCUT2D eigenvalue weighted by Gasteiger charge is 2.48. The molecule has 0 radical (unpaired) electrons. The van der Waals surface area contributed by atoms with Crippen LogP contribution in [0.4, 0.5) is 5.13 Å². The minimum atomic E-state index is -0.822. The molecule has 2 atom stereocenters. The van der Waals surface area contributed by atoms with Crippen LogP contribution in [0.5, 0.6) is 11.5 Å². The number of hydrogen-bond donors (Lipinski definition) is 1. The van der Waals surface area contributed by atoms with Gasteiger partial charge < -0.3 is 14.6 Å². The molecule has 1 saturated heterocycles. The summed E-state index contributed by atoms with van der Waals surface area (Å²) in [6.07, 6.45) is 0.757. The Kier molecular flexibility index (Phi) is 5.26. The predicted molar refractivity (Wildman–Crippen MR) is 138 cm³/mol. The Hall–Kier alpha value is -4.17. The zero-order valence-corrected chi connectivity index (χ0v) is 20.4. The van der Waals surface area contributed by atoms with E-state index in [1.165, 1.54) is 16.2 Å². The van der Waals surface area contributed by atoms with Crippen LogP contribution >= 0.6 is 11.3 Å². The lowest BCUT2D eigenvalue weighted by Crippen LogP contribution is -2.29. The number of carbonyl (C=O) groups is 2. The van der Waals surface area contributed by atoms with Crippen LogP contribution in [0.15, 0.2) is 72.3 Å². The lowest BCUT2D eigenvalue weighted by Gasteiger charge is -2.23. The minimum absolute atomic E-state index is 0.0370. The number of carbonyl (C=O) groups excluding carboxylic acids is 2. The Morgan fingerprint density at radius 3 is 2.69 bits per heavy atom.